The van der Waals surface area contributed by atoms with E-state index in [-0.39, 0.29) is 6.09 Å². The third kappa shape index (κ3) is 4.88. The zero-order valence-corrected chi connectivity index (χ0v) is 18.0. The van der Waals surface area contributed by atoms with Crippen LogP contribution < -0.4 is 4.90 Å². The quantitative estimate of drug-likeness (QED) is 0.759. The lowest BCUT2D eigenvalue weighted by atomic mass is 9.90. The molecule has 1 fully saturated rings. The second kappa shape index (κ2) is 8.56. The van der Waals surface area contributed by atoms with Gasteiger partial charge in [0.2, 0.25) is 0 Å². The number of rotatable bonds is 3. The van der Waals surface area contributed by atoms with Crippen molar-refractivity contribution in [3.05, 3.63) is 34.9 Å². The van der Waals surface area contributed by atoms with Gasteiger partial charge >= 0.3 is 6.09 Å². The van der Waals surface area contributed by atoms with Crippen LogP contribution in [0.5, 0.6) is 0 Å². The largest absolute Gasteiger partial charge is 0.444 e. The van der Waals surface area contributed by atoms with E-state index < -0.39 is 5.60 Å². The van der Waals surface area contributed by atoms with Crippen LogP contribution in [0.3, 0.4) is 0 Å². The van der Waals surface area contributed by atoms with Crippen LogP contribution in [0.2, 0.25) is 0 Å². The summed E-state index contributed by atoms with van der Waals surface area (Å²) in [7, 11) is 0. The van der Waals surface area contributed by atoms with Gasteiger partial charge in [0.1, 0.15) is 5.60 Å². The minimum Gasteiger partial charge on any atom is -0.444 e. The number of hydrogen-bond acceptors (Lipinski definition) is 4. The number of anilines is 1. The van der Waals surface area contributed by atoms with Gasteiger partial charge in [0.25, 0.3) is 0 Å². The highest BCUT2D eigenvalue weighted by Gasteiger charge is 2.27. The van der Waals surface area contributed by atoms with Gasteiger partial charge in [-0.3, -0.25) is 0 Å². The number of carbonyl (C=O) groups excluding carboxylic acids is 1. The summed E-state index contributed by atoms with van der Waals surface area (Å²) in [6, 6.07) is 6.71. The van der Waals surface area contributed by atoms with E-state index >= 15 is 0 Å². The molecule has 0 radical (unpaired) electrons. The van der Waals surface area contributed by atoms with Crippen LogP contribution in [0, 0.1) is 6.92 Å². The van der Waals surface area contributed by atoms with Crippen molar-refractivity contribution in [2.24, 2.45) is 0 Å². The van der Waals surface area contributed by atoms with Crippen LogP contribution >= 0.6 is 0 Å². The van der Waals surface area contributed by atoms with E-state index in [9.17, 15) is 4.79 Å². The maximum atomic E-state index is 12.6. The Morgan fingerprint density at radius 3 is 2.50 bits per heavy atom. The minimum atomic E-state index is -0.471. The molecule has 2 heterocycles. The van der Waals surface area contributed by atoms with E-state index in [2.05, 4.69) is 36.9 Å². The van der Waals surface area contributed by atoms with Crippen LogP contribution in [-0.4, -0.2) is 56.0 Å². The van der Waals surface area contributed by atoms with Crippen LogP contribution in [0.1, 0.15) is 51.7 Å². The highest BCUT2D eigenvalue weighted by molar-refractivity contribution is 5.79. The van der Waals surface area contributed by atoms with Crippen LogP contribution in [-0.2, 0) is 9.47 Å². The number of hydrogen-bond donors (Lipinski definition) is 0. The fraction of sp³-hybridized carbons (Fsp3) is 0.609. The molecule has 1 amide bonds. The molecule has 0 unspecified atom stereocenters. The summed E-state index contributed by atoms with van der Waals surface area (Å²) in [6.45, 7) is 14.9. The normalized spacial score (nSPS) is 18.5. The van der Waals surface area contributed by atoms with E-state index in [0.29, 0.717) is 6.54 Å². The van der Waals surface area contributed by atoms with Gasteiger partial charge in [-0.05, 0) is 69.4 Å². The monoisotopic (exact) mass is 386 g/mol. The van der Waals surface area contributed by atoms with Crippen molar-refractivity contribution in [2.75, 3.05) is 44.3 Å². The van der Waals surface area contributed by atoms with Crippen molar-refractivity contribution >= 4 is 17.4 Å². The molecule has 2 aliphatic heterocycles. The third-order valence-electron chi connectivity index (χ3n) is 5.45. The number of carbonyl (C=O) groups is 1. The second-order valence-corrected chi connectivity index (χ2v) is 8.69. The van der Waals surface area contributed by atoms with Gasteiger partial charge in [-0.25, -0.2) is 4.79 Å². The molecule has 5 nitrogen and oxygen atoms in total. The van der Waals surface area contributed by atoms with Gasteiger partial charge in [-0.2, -0.15) is 0 Å². The average Bonchev–Trinajstić information content (AvgIpc) is 2.67. The second-order valence-electron chi connectivity index (χ2n) is 8.69. The Morgan fingerprint density at radius 1 is 1.18 bits per heavy atom. The van der Waals surface area contributed by atoms with E-state index in [4.69, 9.17) is 9.47 Å². The number of aryl methyl sites for hydroxylation is 1. The Bertz CT molecular complexity index is 743. The van der Waals surface area contributed by atoms with Gasteiger partial charge in [-0.15, -0.1) is 0 Å². The lowest BCUT2D eigenvalue weighted by molar-refractivity contribution is 0.0270. The first-order valence-corrected chi connectivity index (χ1v) is 10.4. The maximum absolute atomic E-state index is 12.6. The Kier molecular flexibility index (Phi) is 6.33. The molecule has 1 saturated heterocycles. The molecule has 0 saturated carbocycles. The van der Waals surface area contributed by atoms with E-state index in [1.807, 2.05) is 25.7 Å². The van der Waals surface area contributed by atoms with Gasteiger partial charge in [0.15, 0.2) is 0 Å². The Hall–Kier alpha value is -2.01. The minimum absolute atomic E-state index is 0.220. The van der Waals surface area contributed by atoms with Gasteiger partial charge < -0.3 is 19.3 Å². The maximum Gasteiger partial charge on any atom is 0.410 e. The molecule has 28 heavy (non-hydrogen) atoms. The number of morpholine rings is 1. The van der Waals surface area contributed by atoms with Crippen molar-refractivity contribution in [1.82, 2.24) is 4.90 Å². The Morgan fingerprint density at radius 2 is 1.89 bits per heavy atom. The van der Waals surface area contributed by atoms with E-state index in [0.717, 1.165) is 45.7 Å². The lowest BCUT2D eigenvalue weighted by Crippen LogP contribution is -2.40. The molecule has 154 valence electrons. The SMILES string of the molecule is CCC1=C(c2ccc(N3CCOCC3)cc2C)CN(C(=O)OC(C)(C)C)CC1. The molecule has 0 bridgehead atoms. The Labute approximate surface area is 169 Å². The molecule has 0 atom stereocenters. The number of nitrogens with zero attached hydrogens (tertiary/aromatic N) is 2. The van der Waals surface area contributed by atoms with Crippen molar-refractivity contribution in [1.29, 1.82) is 0 Å². The third-order valence-corrected chi connectivity index (χ3v) is 5.45. The first-order valence-electron chi connectivity index (χ1n) is 10.4. The zero-order valence-electron chi connectivity index (χ0n) is 18.0. The standard InChI is InChI=1S/C23H34N2O3/c1-6-18-9-10-25(22(26)28-23(3,4)5)16-21(18)20-8-7-19(15-17(20)2)24-11-13-27-14-12-24/h7-8,15H,6,9-14,16H2,1-5H3. The van der Waals surface area contributed by atoms with Crippen molar-refractivity contribution in [3.63, 3.8) is 0 Å². The lowest BCUT2D eigenvalue weighted by Gasteiger charge is -2.33. The molecule has 5 heteroatoms. The predicted molar refractivity (Wildman–Crippen MR) is 114 cm³/mol. The first-order chi connectivity index (χ1) is 13.3. The highest BCUT2D eigenvalue weighted by Crippen LogP contribution is 2.33. The van der Waals surface area contributed by atoms with E-state index in [1.54, 1.807) is 0 Å². The molecule has 0 spiro atoms. The first kappa shape index (κ1) is 20.7. The number of amides is 1. The fourth-order valence-electron chi connectivity index (χ4n) is 3.96. The molecule has 1 aromatic rings. The Balaban J connectivity index is 1.83. The fourth-order valence-corrected chi connectivity index (χ4v) is 3.96. The molecule has 0 aliphatic carbocycles. The predicted octanol–water partition coefficient (Wildman–Crippen LogP) is 4.64. The topological polar surface area (TPSA) is 42.0 Å². The van der Waals surface area contributed by atoms with Gasteiger partial charge in [-0.1, -0.05) is 18.6 Å². The zero-order chi connectivity index (χ0) is 20.3. The summed E-state index contributed by atoms with van der Waals surface area (Å²) in [6.07, 6.45) is 1.71. The van der Waals surface area contributed by atoms with E-state index in [1.165, 1.54) is 28.0 Å². The molecule has 2 aliphatic rings. The average molecular weight is 387 g/mol. The summed E-state index contributed by atoms with van der Waals surface area (Å²) in [5, 5.41) is 0. The van der Waals surface area contributed by atoms with Crippen molar-refractivity contribution in [2.45, 2.75) is 53.1 Å². The summed E-state index contributed by atoms with van der Waals surface area (Å²) >= 11 is 0. The summed E-state index contributed by atoms with van der Waals surface area (Å²) in [5.41, 5.74) is 6.02. The van der Waals surface area contributed by atoms with Crippen molar-refractivity contribution < 1.29 is 14.3 Å². The smallest absolute Gasteiger partial charge is 0.410 e. The molecule has 0 aromatic heterocycles. The number of ether oxygens (including phenoxy) is 2. The summed E-state index contributed by atoms with van der Waals surface area (Å²) < 4.78 is 11.1. The van der Waals surface area contributed by atoms with Gasteiger partial charge in [0.05, 0.1) is 13.2 Å². The molecular weight excluding hydrogens is 352 g/mol. The molecular formula is C23H34N2O3. The summed E-state index contributed by atoms with van der Waals surface area (Å²) in [5.74, 6) is 0. The van der Waals surface area contributed by atoms with Crippen molar-refractivity contribution in [3.8, 4) is 0 Å². The molecule has 0 N–H and O–H groups in total. The summed E-state index contributed by atoms with van der Waals surface area (Å²) in [4.78, 5) is 16.8. The van der Waals surface area contributed by atoms with Gasteiger partial charge in [0, 0.05) is 31.9 Å². The van der Waals surface area contributed by atoms with Crippen LogP contribution in [0.4, 0.5) is 10.5 Å². The molecule has 1 aromatic carbocycles. The van der Waals surface area contributed by atoms with Crippen LogP contribution in [0.15, 0.2) is 23.8 Å². The van der Waals surface area contributed by atoms with Crippen LogP contribution in [0.25, 0.3) is 5.57 Å². The highest BCUT2D eigenvalue weighted by atomic mass is 16.6. The number of benzene rings is 1. The molecule has 3 rings (SSSR count).